The van der Waals surface area contributed by atoms with Crippen LogP contribution in [0.25, 0.3) is 16.7 Å². The van der Waals surface area contributed by atoms with E-state index in [1.54, 1.807) is 14.2 Å². The smallest absolute Gasteiger partial charge is 0.209 e. The number of aromatic nitrogens is 2. The van der Waals surface area contributed by atoms with Crippen molar-refractivity contribution in [2.24, 2.45) is 0 Å². The standard InChI is InChI=1S/C24H20BrN3O2/c1-29-22-12-9-16(13-23(22)30-2)21-14-19(15-7-10-17(25)11-8-15)27-24-26-18-5-3-4-6-20(18)28(21)24/h3-14,21H,1-2H3,(H,26,27)/t21-/m1/s1. The molecule has 5 nitrogen and oxygen atoms in total. The van der Waals surface area contributed by atoms with Gasteiger partial charge in [0.05, 0.1) is 31.3 Å². The molecule has 1 aliphatic heterocycles. The maximum atomic E-state index is 5.56. The molecule has 5 rings (SSSR count). The minimum absolute atomic E-state index is 0.0490. The van der Waals surface area contributed by atoms with Gasteiger partial charge in [-0.2, -0.15) is 0 Å². The van der Waals surface area contributed by atoms with Gasteiger partial charge in [0.2, 0.25) is 5.95 Å². The quantitative estimate of drug-likeness (QED) is 0.412. The van der Waals surface area contributed by atoms with Crippen molar-refractivity contribution in [3.63, 3.8) is 0 Å². The van der Waals surface area contributed by atoms with Gasteiger partial charge in [-0.05, 0) is 53.6 Å². The summed E-state index contributed by atoms with van der Waals surface area (Å²) in [4.78, 5) is 4.84. The van der Waals surface area contributed by atoms with E-state index in [0.717, 1.165) is 38.3 Å². The number of halogens is 1. The maximum absolute atomic E-state index is 5.56. The molecule has 1 aromatic heterocycles. The number of nitrogens with one attached hydrogen (secondary N) is 1. The molecule has 0 saturated carbocycles. The number of methoxy groups -OCH3 is 2. The number of ether oxygens (including phenoxy) is 2. The summed E-state index contributed by atoms with van der Waals surface area (Å²) in [5.74, 6) is 2.23. The molecule has 0 amide bonds. The van der Waals surface area contributed by atoms with Gasteiger partial charge in [0.25, 0.3) is 0 Å². The zero-order valence-corrected chi connectivity index (χ0v) is 18.2. The van der Waals surface area contributed by atoms with E-state index < -0.39 is 0 Å². The van der Waals surface area contributed by atoms with Crippen LogP contribution in [0.2, 0.25) is 0 Å². The van der Waals surface area contributed by atoms with E-state index >= 15 is 0 Å². The van der Waals surface area contributed by atoms with E-state index in [9.17, 15) is 0 Å². The van der Waals surface area contributed by atoms with Crippen molar-refractivity contribution in [3.05, 3.63) is 88.4 Å². The third-order valence-electron chi connectivity index (χ3n) is 5.35. The summed E-state index contributed by atoms with van der Waals surface area (Å²) in [6, 6.07) is 22.4. The molecule has 1 atom stereocenters. The highest BCUT2D eigenvalue weighted by Crippen LogP contribution is 2.39. The fourth-order valence-electron chi connectivity index (χ4n) is 3.89. The van der Waals surface area contributed by atoms with Crippen LogP contribution in [-0.4, -0.2) is 23.8 Å². The number of imidazole rings is 1. The van der Waals surface area contributed by atoms with Crippen LogP contribution in [0.5, 0.6) is 11.5 Å². The molecule has 0 saturated heterocycles. The number of nitrogens with zero attached hydrogens (tertiary/aromatic N) is 2. The highest BCUT2D eigenvalue weighted by atomic mass is 79.9. The molecule has 0 fully saturated rings. The summed E-state index contributed by atoms with van der Waals surface area (Å²) in [6.45, 7) is 0. The van der Waals surface area contributed by atoms with E-state index in [1.807, 2.05) is 42.5 Å². The van der Waals surface area contributed by atoms with Gasteiger partial charge in [-0.3, -0.25) is 4.57 Å². The number of hydrogen-bond donors (Lipinski definition) is 1. The van der Waals surface area contributed by atoms with E-state index in [-0.39, 0.29) is 6.04 Å². The van der Waals surface area contributed by atoms with Gasteiger partial charge in [0.15, 0.2) is 11.5 Å². The van der Waals surface area contributed by atoms with Crippen LogP contribution in [-0.2, 0) is 0 Å². The predicted octanol–water partition coefficient (Wildman–Crippen LogP) is 5.87. The molecule has 30 heavy (non-hydrogen) atoms. The summed E-state index contributed by atoms with van der Waals surface area (Å²) in [5.41, 5.74) is 5.24. The SMILES string of the molecule is COc1ccc([C@H]2C=C(c3ccc(Br)cc3)Nc3nc4ccccc4n32)cc1OC. The Bertz CT molecular complexity index is 1260. The van der Waals surface area contributed by atoms with Crippen molar-refractivity contribution in [3.8, 4) is 11.5 Å². The Morgan fingerprint density at radius 2 is 1.70 bits per heavy atom. The monoisotopic (exact) mass is 461 g/mol. The van der Waals surface area contributed by atoms with Crippen molar-refractivity contribution < 1.29 is 9.47 Å². The number of allylic oxidation sites excluding steroid dienone is 1. The van der Waals surface area contributed by atoms with Crippen molar-refractivity contribution in [2.45, 2.75) is 6.04 Å². The third-order valence-corrected chi connectivity index (χ3v) is 5.88. The number of fused-ring (bicyclic) bond motifs is 3. The van der Waals surface area contributed by atoms with E-state index in [1.165, 1.54) is 0 Å². The summed E-state index contributed by atoms with van der Waals surface area (Å²) in [6.07, 6.45) is 2.23. The molecule has 2 heterocycles. The molecule has 1 N–H and O–H groups in total. The minimum Gasteiger partial charge on any atom is -0.493 e. The Morgan fingerprint density at radius 3 is 2.47 bits per heavy atom. The fourth-order valence-corrected chi connectivity index (χ4v) is 4.15. The normalized spacial score (nSPS) is 15.3. The fraction of sp³-hybridized carbons (Fsp3) is 0.125. The first-order valence-electron chi connectivity index (χ1n) is 9.61. The molecule has 0 radical (unpaired) electrons. The molecular formula is C24H20BrN3O2. The number of hydrogen-bond acceptors (Lipinski definition) is 4. The summed E-state index contributed by atoms with van der Waals surface area (Å²) in [7, 11) is 3.31. The summed E-state index contributed by atoms with van der Waals surface area (Å²) >= 11 is 3.51. The predicted molar refractivity (Wildman–Crippen MR) is 123 cm³/mol. The highest BCUT2D eigenvalue weighted by molar-refractivity contribution is 9.10. The largest absolute Gasteiger partial charge is 0.493 e. The number of rotatable bonds is 4. The Kier molecular flexibility index (Phi) is 4.71. The Labute approximate surface area is 183 Å². The lowest BCUT2D eigenvalue weighted by Gasteiger charge is -2.27. The Morgan fingerprint density at radius 1 is 0.933 bits per heavy atom. The van der Waals surface area contributed by atoms with E-state index in [2.05, 4.69) is 56.2 Å². The zero-order valence-electron chi connectivity index (χ0n) is 16.6. The molecule has 1 aliphatic rings. The number of benzene rings is 3. The molecule has 0 spiro atoms. The first kappa shape index (κ1) is 18.8. The van der Waals surface area contributed by atoms with Gasteiger partial charge in [-0.15, -0.1) is 0 Å². The minimum atomic E-state index is -0.0490. The van der Waals surface area contributed by atoms with Gasteiger partial charge in [-0.1, -0.05) is 46.3 Å². The number of para-hydroxylation sites is 2. The van der Waals surface area contributed by atoms with Crippen molar-refractivity contribution in [1.29, 1.82) is 0 Å². The van der Waals surface area contributed by atoms with Gasteiger partial charge in [0, 0.05) is 10.2 Å². The molecule has 0 aliphatic carbocycles. The third kappa shape index (κ3) is 3.13. The van der Waals surface area contributed by atoms with Crippen LogP contribution in [0.1, 0.15) is 17.2 Å². The first-order chi connectivity index (χ1) is 14.7. The molecular weight excluding hydrogens is 442 g/mol. The molecule has 4 aromatic rings. The van der Waals surface area contributed by atoms with Crippen LogP contribution < -0.4 is 14.8 Å². The second kappa shape index (κ2) is 7.54. The van der Waals surface area contributed by atoms with Gasteiger partial charge < -0.3 is 14.8 Å². The van der Waals surface area contributed by atoms with Crippen molar-refractivity contribution >= 4 is 38.6 Å². The zero-order chi connectivity index (χ0) is 20.7. The van der Waals surface area contributed by atoms with Crippen molar-refractivity contribution in [1.82, 2.24) is 9.55 Å². The lowest BCUT2D eigenvalue weighted by atomic mass is 10.0. The van der Waals surface area contributed by atoms with Gasteiger partial charge in [-0.25, -0.2) is 4.98 Å². The lowest BCUT2D eigenvalue weighted by molar-refractivity contribution is 0.354. The van der Waals surface area contributed by atoms with Gasteiger partial charge >= 0.3 is 0 Å². The second-order valence-corrected chi connectivity index (χ2v) is 7.98. The van der Waals surface area contributed by atoms with Crippen LogP contribution in [0.4, 0.5) is 5.95 Å². The highest BCUT2D eigenvalue weighted by Gasteiger charge is 2.26. The average Bonchev–Trinajstić information content (AvgIpc) is 3.17. The summed E-state index contributed by atoms with van der Waals surface area (Å²) in [5, 5.41) is 3.51. The average molecular weight is 462 g/mol. The lowest BCUT2D eigenvalue weighted by Crippen LogP contribution is -2.19. The Balaban J connectivity index is 1.70. The topological polar surface area (TPSA) is 48.3 Å². The number of anilines is 1. The van der Waals surface area contributed by atoms with E-state index in [4.69, 9.17) is 14.5 Å². The molecule has 0 bridgehead atoms. The van der Waals surface area contributed by atoms with Gasteiger partial charge in [0.1, 0.15) is 0 Å². The van der Waals surface area contributed by atoms with Crippen LogP contribution in [0.3, 0.4) is 0 Å². The second-order valence-electron chi connectivity index (χ2n) is 7.07. The molecule has 0 unspecified atom stereocenters. The van der Waals surface area contributed by atoms with Crippen LogP contribution in [0.15, 0.2) is 77.3 Å². The van der Waals surface area contributed by atoms with Crippen LogP contribution in [0, 0.1) is 0 Å². The molecule has 150 valence electrons. The van der Waals surface area contributed by atoms with Crippen LogP contribution >= 0.6 is 15.9 Å². The Hall–Kier alpha value is -3.25. The maximum Gasteiger partial charge on any atom is 0.209 e. The first-order valence-corrected chi connectivity index (χ1v) is 10.4. The van der Waals surface area contributed by atoms with Crippen molar-refractivity contribution in [2.75, 3.05) is 19.5 Å². The van der Waals surface area contributed by atoms with E-state index in [0.29, 0.717) is 11.5 Å². The molecule has 6 heteroatoms. The molecule has 3 aromatic carbocycles. The summed E-state index contributed by atoms with van der Waals surface area (Å²) < 4.78 is 14.3.